The van der Waals surface area contributed by atoms with Gasteiger partial charge in [0.2, 0.25) is 0 Å². The zero-order valence-corrected chi connectivity index (χ0v) is 25.2. The predicted octanol–water partition coefficient (Wildman–Crippen LogP) is 4.65. The Kier molecular flexibility index (Phi) is 5.99. The number of carbonyl (C=O) groups excluding carboxylic acids is 1. The van der Waals surface area contributed by atoms with Crippen LogP contribution in [0.15, 0.2) is 11.1 Å². The van der Waals surface area contributed by atoms with Crippen molar-refractivity contribution < 1.29 is 34.3 Å². The molecule has 0 aromatic carbocycles. The van der Waals surface area contributed by atoms with E-state index in [9.17, 15) is 20.1 Å². The minimum Gasteiger partial charge on any atom is -0.457 e. The van der Waals surface area contributed by atoms with Crippen LogP contribution in [0, 0.1) is 34.0 Å². The first kappa shape index (κ1) is 28.1. The fraction of sp³-hybridized carbons (Fsp3) is 0.906. The first-order valence-corrected chi connectivity index (χ1v) is 15.3. The van der Waals surface area contributed by atoms with E-state index in [4.69, 9.17) is 14.2 Å². The zero-order chi connectivity index (χ0) is 28.6. The first-order chi connectivity index (χ1) is 17.9. The van der Waals surface area contributed by atoms with E-state index in [0.717, 1.165) is 44.9 Å². The van der Waals surface area contributed by atoms with Crippen LogP contribution < -0.4 is 0 Å². The third-order valence-corrected chi connectivity index (χ3v) is 12.9. The van der Waals surface area contributed by atoms with Gasteiger partial charge in [0.1, 0.15) is 12.2 Å². The monoisotopic (exact) mass is 546 g/mol. The summed E-state index contributed by atoms with van der Waals surface area (Å²) < 4.78 is 18.8. The van der Waals surface area contributed by atoms with Gasteiger partial charge in [0.15, 0.2) is 11.9 Å². The smallest absolute Gasteiger partial charge is 0.303 e. The first-order valence-electron chi connectivity index (χ1n) is 15.3. The summed E-state index contributed by atoms with van der Waals surface area (Å²) in [4.78, 5) is 12.0. The zero-order valence-electron chi connectivity index (χ0n) is 25.2. The number of ether oxygens (including phenoxy) is 3. The lowest BCUT2D eigenvalue weighted by molar-refractivity contribution is -0.341. The lowest BCUT2D eigenvalue weighted by Crippen LogP contribution is -2.61. The number of aliphatic hydroxyl groups is 3. The van der Waals surface area contributed by atoms with Crippen molar-refractivity contribution >= 4 is 5.97 Å². The fourth-order valence-electron chi connectivity index (χ4n) is 11.2. The Morgan fingerprint density at radius 1 is 1.10 bits per heavy atom. The Morgan fingerprint density at radius 3 is 2.44 bits per heavy atom. The Bertz CT molecular complexity index is 1090. The lowest BCUT2D eigenvalue weighted by Gasteiger charge is -2.53. The molecule has 0 aromatic heterocycles. The molecule has 3 aliphatic heterocycles. The van der Waals surface area contributed by atoms with Gasteiger partial charge in [-0.15, -0.1) is 0 Å². The molecular formula is C32H50O7. The molecule has 220 valence electrons. The molecule has 7 heteroatoms. The van der Waals surface area contributed by atoms with Crippen LogP contribution in [0.3, 0.4) is 0 Å². The minimum absolute atomic E-state index is 0.0145. The topological polar surface area (TPSA) is 105 Å². The van der Waals surface area contributed by atoms with Crippen LogP contribution in [0.2, 0.25) is 0 Å². The highest BCUT2D eigenvalue weighted by Crippen LogP contribution is 2.74. The molecule has 4 fully saturated rings. The van der Waals surface area contributed by atoms with Gasteiger partial charge in [-0.05, 0) is 87.9 Å². The summed E-state index contributed by atoms with van der Waals surface area (Å²) in [6, 6.07) is 0. The normalized spacial score (nSPS) is 50.9. The number of hydrogen-bond donors (Lipinski definition) is 3. The van der Waals surface area contributed by atoms with E-state index in [-0.39, 0.29) is 28.3 Å². The summed E-state index contributed by atoms with van der Waals surface area (Å²) in [5.74, 6) is -2.14. The van der Waals surface area contributed by atoms with E-state index in [1.54, 1.807) is 13.8 Å². The molecule has 7 nitrogen and oxygen atoms in total. The van der Waals surface area contributed by atoms with Gasteiger partial charge < -0.3 is 29.5 Å². The Balaban J connectivity index is 1.39. The maximum atomic E-state index is 12.4. The van der Waals surface area contributed by atoms with E-state index < -0.39 is 41.1 Å². The van der Waals surface area contributed by atoms with Gasteiger partial charge in [-0.3, -0.25) is 4.79 Å². The van der Waals surface area contributed by atoms with Crippen LogP contribution in [0.1, 0.15) is 107 Å². The van der Waals surface area contributed by atoms with Crippen molar-refractivity contribution in [3.63, 3.8) is 0 Å². The number of rotatable bonds is 3. The highest BCUT2D eigenvalue weighted by Gasteiger charge is 2.77. The van der Waals surface area contributed by atoms with Crippen molar-refractivity contribution in [3.05, 3.63) is 11.1 Å². The molecule has 3 saturated heterocycles. The van der Waals surface area contributed by atoms with Crippen LogP contribution in [-0.2, 0) is 19.0 Å². The molecule has 11 atom stereocenters. The molecule has 3 heterocycles. The van der Waals surface area contributed by atoms with E-state index in [2.05, 4.69) is 34.6 Å². The van der Waals surface area contributed by atoms with E-state index >= 15 is 0 Å². The third-order valence-electron chi connectivity index (χ3n) is 12.9. The van der Waals surface area contributed by atoms with Crippen molar-refractivity contribution in [1.29, 1.82) is 0 Å². The van der Waals surface area contributed by atoms with Gasteiger partial charge in [0.25, 0.3) is 0 Å². The van der Waals surface area contributed by atoms with E-state index in [1.807, 2.05) is 0 Å². The maximum absolute atomic E-state index is 12.4. The average molecular weight is 547 g/mol. The van der Waals surface area contributed by atoms with Crippen LogP contribution in [-0.4, -0.2) is 62.7 Å². The van der Waals surface area contributed by atoms with E-state index in [1.165, 1.54) is 18.1 Å². The van der Waals surface area contributed by atoms with Crippen molar-refractivity contribution in [2.75, 3.05) is 0 Å². The summed E-state index contributed by atoms with van der Waals surface area (Å²) in [5, 5.41) is 35.6. The molecule has 1 saturated carbocycles. The Labute approximate surface area is 233 Å². The number of hydrogen-bond acceptors (Lipinski definition) is 7. The summed E-state index contributed by atoms with van der Waals surface area (Å²) in [6.45, 7) is 15.8. The molecule has 0 amide bonds. The molecule has 0 radical (unpaired) electrons. The molecule has 6 rings (SSSR count). The van der Waals surface area contributed by atoms with Gasteiger partial charge >= 0.3 is 5.97 Å². The van der Waals surface area contributed by atoms with Crippen molar-refractivity contribution in [2.45, 2.75) is 148 Å². The largest absolute Gasteiger partial charge is 0.457 e. The van der Waals surface area contributed by atoms with Gasteiger partial charge in [0, 0.05) is 18.3 Å². The third kappa shape index (κ3) is 3.49. The molecule has 39 heavy (non-hydrogen) atoms. The number of esters is 1. The highest BCUT2D eigenvalue weighted by molar-refractivity contribution is 5.66. The number of fused-ring (bicyclic) bond motifs is 5. The van der Waals surface area contributed by atoms with Crippen molar-refractivity contribution in [3.8, 4) is 0 Å². The number of carbonyl (C=O) groups is 1. The number of aliphatic hydroxyl groups excluding tert-OH is 1. The second-order valence-electron chi connectivity index (χ2n) is 15.7. The fourth-order valence-corrected chi connectivity index (χ4v) is 11.2. The Hall–Kier alpha value is -0.990. The molecule has 3 aliphatic carbocycles. The SMILES string of the molecule is CC(=O)O[C@@H]([C@H]1C[C@@H](C)[C@H]2[C@@](O)(O1)[C@H](O)[C@@]1(C)C3=C(CC[C@]21C)C[C@]12CC[C@H](O1)C(C)(C)C2CC3)C(C)(C)O. The summed E-state index contributed by atoms with van der Waals surface area (Å²) in [6.07, 6.45) is 4.96. The van der Waals surface area contributed by atoms with Crippen molar-refractivity contribution in [2.24, 2.45) is 34.0 Å². The van der Waals surface area contributed by atoms with Crippen LogP contribution in [0.5, 0.6) is 0 Å². The van der Waals surface area contributed by atoms with E-state index in [0.29, 0.717) is 18.4 Å². The predicted molar refractivity (Wildman–Crippen MR) is 145 cm³/mol. The highest BCUT2D eigenvalue weighted by atomic mass is 16.7. The molecular weight excluding hydrogens is 496 g/mol. The standard InChI is InChI=1S/C32H50O7/c1-17-15-21(25(28(5,6)35)37-18(2)33)38-32(36)24(17)29(7)13-11-19-16-31-14-12-23(39-31)27(3,4)22(31)10-9-20(19)30(29,8)26(32)34/h17,21-26,34-36H,9-16H2,1-8H3/t17-,21-,22?,23+,24-,25+,26-,29-,30-,31+,32-/m1/s1. The van der Waals surface area contributed by atoms with Gasteiger partial charge in [0.05, 0.1) is 17.3 Å². The van der Waals surface area contributed by atoms with Gasteiger partial charge in [-0.25, -0.2) is 0 Å². The second-order valence-corrected chi connectivity index (χ2v) is 15.7. The molecule has 2 bridgehead atoms. The lowest BCUT2D eigenvalue weighted by atomic mass is 9.52. The van der Waals surface area contributed by atoms with Gasteiger partial charge in [-0.2, -0.15) is 0 Å². The maximum Gasteiger partial charge on any atom is 0.303 e. The summed E-state index contributed by atoms with van der Waals surface area (Å²) >= 11 is 0. The molecule has 0 aromatic rings. The minimum atomic E-state index is -1.81. The molecule has 3 N–H and O–H groups in total. The molecule has 1 spiro atoms. The second kappa shape index (κ2) is 8.31. The van der Waals surface area contributed by atoms with Crippen LogP contribution in [0.25, 0.3) is 0 Å². The average Bonchev–Trinajstić information content (AvgIpc) is 3.30. The summed E-state index contributed by atoms with van der Waals surface area (Å²) in [7, 11) is 0. The quantitative estimate of drug-likeness (QED) is 0.349. The molecule has 6 aliphatic rings. The van der Waals surface area contributed by atoms with Crippen LogP contribution >= 0.6 is 0 Å². The molecule has 1 unspecified atom stereocenters. The summed E-state index contributed by atoms with van der Waals surface area (Å²) in [5.41, 5.74) is 0.379. The van der Waals surface area contributed by atoms with Crippen LogP contribution in [0.4, 0.5) is 0 Å². The van der Waals surface area contributed by atoms with Gasteiger partial charge in [-0.1, -0.05) is 45.8 Å². The van der Waals surface area contributed by atoms with Crippen molar-refractivity contribution in [1.82, 2.24) is 0 Å². The Morgan fingerprint density at radius 2 is 1.79 bits per heavy atom.